The van der Waals surface area contributed by atoms with Gasteiger partial charge in [0.15, 0.2) is 0 Å². The van der Waals surface area contributed by atoms with E-state index in [1.54, 1.807) is 37.4 Å². The van der Waals surface area contributed by atoms with E-state index in [2.05, 4.69) is 13.0 Å². The van der Waals surface area contributed by atoms with Crippen LogP contribution in [0.15, 0.2) is 35.3 Å². The highest BCUT2D eigenvalue weighted by molar-refractivity contribution is 7.16. The second-order valence-electron chi connectivity index (χ2n) is 6.07. The zero-order chi connectivity index (χ0) is 18.0. The molecule has 0 atom stereocenters. The minimum atomic E-state index is -0.00284. The number of carbonyl (C=O) groups is 1. The SMILES string of the molecule is CCc1cc2c(s1)N(C(=O)N(C)C)CCN=C2c1ccc(OC)cc1. The van der Waals surface area contributed by atoms with Crippen LogP contribution < -0.4 is 9.64 Å². The smallest absolute Gasteiger partial charge is 0.324 e. The van der Waals surface area contributed by atoms with Gasteiger partial charge in [0.1, 0.15) is 10.8 Å². The normalized spacial score (nSPS) is 13.8. The molecule has 25 heavy (non-hydrogen) atoms. The van der Waals surface area contributed by atoms with Crippen molar-refractivity contribution in [3.05, 3.63) is 46.3 Å². The second kappa shape index (κ2) is 7.27. The molecule has 0 spiro atoms. The summed E-state index contributed by atoms with van der Waals surface area (Å²) in [6.07, 6.45) is 0.942. The standard InChI is InChI=1S/C19H23N3O2S/c1-5-15-12-16-17(13-6-8-14(24-4)9-7-13)20-10-11-22(18(16)25-15)19(23)21(2)3/h6-9,12H,5,10-11H2,1-4H3. The topological polar surface area (TPSA) is 45.1 Å². The summed E-state index contributed by atoms with van der Waals surface area (Å²) in [7, 11) is 5.23. The molecule has 3 rings (SSSR count). The predicted molar refractivity (Wildman–Crippen MR) is 104 cm³/mol. The van der Waals surface area contributed by atoms with Crippen molar-refractivity contribution in [3.63, 3.8) is 0 Å². The van der Waals surface area contributed by atoms with Crippen LogP contribution in [0.25, 0.3) is 0 Å². The summed E-state index contributed by atoms with van der Waals surface area (Å²) in [5.74, 6) is 0.821. The Bertz CT molecular complexity index is 794. The van der Waals surface area contributed by atoms with E-state index in [1.807, 2.05) is 29.2 Å². The first-order chi connectivity index (χ1) is 12.0. The van der Waals surface area contributed by atoms with Crippen LogP contribution >= 0.6 is 11.3 Å². The first-order valence-electron chi connectivity index (χ1n) is 8.36. The number of hydrogen-bond donors (Lipinski definition) is 0. The molecule has 0 bridgehead atoms. The maximum atomic E-state index is 12.6. The number of aliphatic imine (C=N–C) groups is 1. The number of nitrogens with zero attached hydrogens (tertiary/aromatic N) is 3. The highest BCUT2D eigenvalue weighted by Crippen LogP contribution is 2.36. The molecule has 0 radical (unpaired) electrons. The number of amides is 2. The molecule has 132 valence electrons. The van der Waals surface area contributed by atoms with Gasteiger partial charge in [-0.3, -0.25) is 9.89 Å². The van der Waals surface area contributed by atoms with Crippen LogP contribution in [0.3, 0.4) is 0 Å². The molecular formula is C19H23N3O2S. The lowest BCUT2D eigenvalue weighted by Crippen LogP contribution is -2.40. The lowest BCUT2D eigenvalue weighted by molar-refractivity contribution is 0.224. The van der Waals surface area contributed by atoms with Crippen molar-refractivity contribution >= 4 is 28.1 Å². The number of anilines is 1. The molecule has 1 aliphatic heterocycles. The summed E-state index contributed by atoms with van der Waals surface area (Å²) in [6, 6.07) is 10.1. The van der Waals surface area contributed by atoms with Gasteiger partial charge in [-0.1, -0.05) is 6.92 Å². The number of carbonyl (C=O) groups excluding carboxylic acids is 1. The van der Waals surface area contributed by atoms with Crippen LogP contribution in [0, 0.1) is 0 Å². The summed E-state index contributed by atoms with van der Waals surface area (Å²) in [6.45, 7) is 3.31. The van der Waals surface area contributed by atoms with E-state index in [0.29, 0.717) is 13.1 Å². The lowest BCUT2D eigenvalue weighted by atomic mass is 10.0. The Labute approximate surface area is 152 Å². The summed E-state index contributed by atoms with van der Waals surface area (Å²) in [4.78, 5) is 22.1. The molecule has 2 heterocycles. The first kappa shape index (κ1) is 17.5. The second-order valence-corrected chi connectivity index (χ2v) is 7.19. The Balaban J connectivity index is 2.07. The third kappa shape index (κ3) is 3.39. The van der Waals surface area contributed by atoms with Gasteiger partial charge in [-0.2, -0.15) is 0 Å². The monoisotopic (exact) mass is 357 g/mol. The number of rotatable bonds is 3. The maximum absolute atomic E-state index is 12.6. The molecule has 1 aliphatic rings. The van der Waals surface area contributed by atoms with Gasteiger partial charge in [0, 0.05) is 36.6 Å². The number of fused-ring (bicyclic) bond motifs is 1. The fraction of sp³-hybridized carbons (Fsp3) is 0.368. The van der Waals surface area contributed by atoms with Gasteiger partial charge in [0.25, 0.3) is 0 Å². The van der Waals surface area contributed by atoms with Crippen LogP contribution in [0.2, 0.25) is 0 Å². The Kier molecular flexibility index (Phi) is 5.08. The summed E-state index contributed by atoms with van der Waals surface area (Å²) >= 11 is 1.68. The van der Waals surface area contributed by atoms with Crippen LogP contribution in [0.1, 0.15) is 22.9 Å². The average Bonchev–Trinajstić information content (AvgIpc) is 2.97. The van der Waals surface area contributed by atoms with Gasteiger partial charge in [-0.05, 0) is 36.8 Å². The van der Waals surface area contributed by atoms with E-state index in [4.69, 9.17) is 9.73 Å². The molecule has 0 aliphatic carbocycles. The number of benzene rings is 1. The maximum Gasteiger partial charge on any atom is 0.324 e. The Morgan fingerprint density at radius 3 is 2.64 bits per heavy atom. The van der Waals surface area contributed by atoms with E-state index in [9.17, 15) is 4.79 Å². The Morgan fingerprint density at radius 2 is 2.04 bits per heavy atom. The Morgan fingerprint density at radius 1 is 1.32 bits per heavy atom. The van der Waals surface area contributed by atoms with Crippen molar-refractivity contribution in [2.24, 2.45) is 4.99 Å². The number of hydrogen-bond acceptors (Lipinski definition) is 4. The van der Waals surface area contributed by atoms with Gasteiger partial charge < -0.3 is 9.64 Å². The fourth-order valence-corrected chi connectivity index (χ4v) is 3.96. The summed E-state index contributed by atoms with van der Waals surface area (Å²) < 4.78 is 5.25. The number of urea groups is 1. The van der Waals surface area contributed by atoms with Crippen LogP contribution in [-0.4, -0.2) is 50.9 Å². The third-order valence-electron chi connectivity index (χ3n) is 4.18. The molecule has 0 unspecified atom stereocenters. The predicted octanol–water partition coefficient (Wildman–Crippen LogP) is 3.66. The van der Waals surface area contributed by atoms with Crippen molar-refractivity contribution in [3.8, 4) is 5.75 Å². The Hall–Kier alpha value is -2.34. The summed E-state index contributed by atoms with van der Waals surface area (Å²) in [5, 5.41) is 0.989. The molecule has 6 heteroatoms. The van der Waals surface area contributed by atoms with E-state index in [-0.39, 0.29) is 6.03 Å². The van der Waals surface area contributed by atoms with Gasteiger partial charge in [-0.25, -0.2) is 4.79 Å². The minimum Gasteiger partial charge on any atom is -0.497 e. The minimum absolute atomic E-state index is 0.00284. The van der Waals surface area contributed by atoms with Crippen molar-refractivity contribution in [1.82, 2.24) is 4.90 Å². The number of methoxy groups -OCH3 is 1. The third-order valence-corrected chi connectivity index (χ3v) is 5.49. The number of thiophene rings is 1. The highest BCUT2D eigenvalue weighted by atomic mass is 32.1. The van der Waals surface area contributed by atoms with Gasteiger partial charge >= 0.3 is 6.03 Å². The lowest BCUT2D eigenvalue weighted by Gasteiger charge is -2.24. The van der Waals surface area contributed by atoms with Gasteiger partial charge in [-0.15, -0.1) is 11.3 Å². The van der Waals surface area contributed by atoms with E-state index < -0.39 is 0 Å². The van der Waals surface area contributed by atoms with Crippen molar-refractivity contribution in [1.29, 1.82) is 0 Å². The van der Waals surface area contributed by atoms with E-state index in [1.165, 1.54) is 4.88 Å². The van der Waals surface area contributed by atoms with Crippen LogP contribution in [-0.2, 0) is 6.42 Å². The fourth-order valence-electron chi connectivity index (χ4n) is 2.84. The molecule has 5 nitrogen and oxygen atoms in total. The van der Waals surface area contributed by atoms with Crippen LogP contribution in [0.4, 0.5) is 9.80 Å². The first-order valence-corrected chi connectivity index (χ1v) is 9.17. The molecule has 0 saturated heterocycles. The zero-order valence-electron chi connectivity index (χ0n) is 15.1. The molecule has 2 amide bonds. The van der Waals surface area contributed by atoms with Gasteiger partial charge in [0.2, 0.25) is 0 Å². The number of aryl methyl sites for hydroxylation is 1. The average molecular weight is 357 g/mol. The van der Waals surface area contributed by atoms with Crippen molar-refractivity contribution in [2.75, 3.05) is 39.2 Å². The highest BCUT2D eigenvalue weighted by Gasteiger charge is 2.27. The van der Waals surface area contributed by atoms with Crippen LogP contribution in [0.5, 0.6) is 5.75 Å². The molecule has 2 aromatic rings. The van der Waals surface area contributed by atoms with Crippen molar-refractivity contribution < 1.29 is 9.53 Å². The quantitative estimate of drug-likeness (QED) is 0.841. The largest absolute Gasteiger partial charge is 0.497 e. The molecule has 0 fully saturated rings. The number of ether oxygens (including phenoxy) is 1. The molecule has 0 N–H and O–H groups in total. The molecule has 1 aromatic carbocycles. The van der Waals surface area contributed by atoms with Gasteiger partial charge in [0.05, 0.1) is 19.4 Å². The summed E-state index contributed by atoms with van der Waals surface area (Å²) in [5.41, 5.74) is 3.03. The van der Waals surface area contributed by atoms with E-state index in [0.717, 1.165) is 34.0 Å². The van der Waals surface area contributed by atoms with Crippen molar-refractivity contribution in [2.45, 2.75) is 13.3 Å². The molecular weight excluding hydrogens is 334 g/mol. The van der Waals surface area contributed by atoms with E-state index >= 15 is 0 Å². The molecule has 0 saturated carbocycles. The zero-order valence-corrected chi connectivity index (χ0v) is 15.9. The molecule has 1 aromatic heterocycles.